The van der Waals surface area contributed by atoms with E-state index in [-0.39, 0.29) is 11.8 Å². The predicted octanol–water partition coefficient (Wildman–Crippen LogP) is 4.14. The van der Waals surface area contributed by atoms with E-state index in [1.54, 1.807) is 17.0 Å². The van der Waals surface area contributed by atoms with Gasteiger partial charge in [-0.3, -0.25) is 9.59 Å². The molecule has 2 aromatic carbocycles. The van der Waals surface area contributed by atoms with E-state index in [1.807, 2.05) is 37.3 Å². The lowest BCUT2D eigenvalue weighted by Gasteiger charge is -2.16. The van der Waals surface area contributed by atoms with Crippen molar-refractivity contribution in [1.29, 1.82) is 0 Å². The van der Waals surface area contributed by atoms with E-state index >= 15 is 0 Å². The van der Waals surface area contributed by atoms with Crippen molar-refractivity contribution in [2.75, 3.05) is 16.8 Å². The topological polar surface area (TPSA) is 49.4 Å². The number of nitrogens with one attached hydrogen (secondary N) is 1. The van der Waals surface area contributed by atoms with Crippen molar-refractivity contribution in [3.8, 4) is 0 Å². The van der Waals surface area contributed by atoms with E-state index in [9.17, 15) is 9.59 Å². The maximum atomic E-state index is 12.5. The zero-order chi connectivity index (χ0) is 16.4. The number of hydrogen-bond donors (Lipinski definition) is 1. The summed E-state index contributed by atoms with van der Waals surface area (Å²) in [5.74, 6) is -0.0600. The van der Waals surface area contributed by atoms with Gasteiger partial charge >= 0.3 is 0 Å². The molecule has 2 amide bonds. The molecule has 4 nitrogen and oxygen atoms in total. The van der Waals surface area contributed by atoms with Gasteiger partial charge in [-0.25, -0.2) is 0 Å². The number of hydrogen-bond acceptors (Lipinski definition) is 2. The number of rotatable bonds is 3. The first kappa shape index (κ1) is 15.7. The summed E-state index contributed by atoms with van der Waals surface area (Å²) in [7, 11) is 0. The number of nitrogens with zero attached hydrogens (tertiary/aromatic N) is 1. The van der Waals surface area contributed by atoms with Crippen molar-refractivity contribution in [2.24, 2.45) is 0 Å². The van der Waals surface area contributed by atoms with Crippen molar-refractivity contribution in [3.05, 3.63) is 58.1 Å². The minimum Gasteiger partial charge on any atom is -0.322 e. The molecule has 0 radical (unpaired) electrons. The molecular weight excluding hydrogens is 356 g/mol. The summed E-state index contributed by atoms with van der Waals surface area (Å²) in [6.45, 7) is 2.66. The number of carbonyl (C=O) groups is 2. The Morgan fingerprint density at radius 3 is 2.74 bits per heavy atom. The second-order valence-corrected chi connectivity index (χ2v) is 6.53. The van der Waals surface area contributed by atoms with Gasteiger partial charge in [0.2, 0.25) is 5.91 Å². The highest BCUT2D eigenvalue weighted by molar-refractivity contribution is 9.10. The Morgan fingerprint density at radius 1 is 1.22 bits per heavy atom. The lowest BCUT2D eigenvalue weighted by molar-refractivity contribution is -0.117. The fourth-order valence-corrected chi connectivity index (χ4v) is 3.17. The van der Waals surface area contributed by atoms with Crippen molar-refractivity contribution >= 4 is 39.1 Å². The smallest absolute Gasteiger partial charge is 0.255 e. The van der Waals surface area contributed by atoms with Gasteiger partial charge in [-0.15, -0.1) is 0 Å². The molecule has 0 saturated carbocycles. The first-order chi connectivity index (χ1) is 11.0. The van der Waals surface area contributed by atoms with Crippen LogP contribution in [0.3, 0.4) is 0 Å². The predicted molar refractivity (Wildman–Crippen MR) is 94.9 cm³/mol. The fourth-order valence-electron chi connectivity index (χ4n) is 2.70. The van der Waals surface area contributed by atoms with Gasteiger partial charge in [0.25, 0.3) is 5.91 Å². The molecule has 1 saturated heterocycles. The summed E-state index contributed by atoms with van der Waals surface area (Å²) >= 11 is 3.41. The SMILES string of the molecule is Cc1cc(Br)ccc1NC(=O)c1cccc(N2CCCC2=O)c1. The van der Waals surface area contributed by atoms with Gasteiger partial charge in [-0.05, 0) is 55.3 Å². The molecule has 3 rings (SSSR count). The van der Waals surface area contributed by atoms with Crippen LogP contribution in [0, 0.1) is 6.92 Å². The lowest BCUT2D eigenvalue weighted by atomic mass is 10.1. The zero-order valence-electron chi connectivity index (χ0n) is 12.8. The maximum absolute atomic E-state index is 12.5. The van der Waals surface area contributed by atoms with E-state index in [0.29, 0.717) is 12.0 Å². The van der Waals surface area contributed by atoms with Crippen LogP contribution in [-0.2, 0) is 4.79 Å². The number of anilines is 2. The summed E-state index contributed by atoms with van der Waals surface area (Å²) < 4.78 is 0.975. The third-order valence-corrected chi connectivity index (χ3v) is 4.42. The number of halogens is 1. The Labute approximate surface area is 143 Å². The third kappa shape index (κ3) is 3.45. The number of benzene rings is 2. The van der Waals surface area contributed by atoms with E-state index in [2.05, 4.69) is 21.2 Å². The zero-order valence-corrected chi connectivity index (χ0v) is 14.4. The molecule has 2 aromatic rings. The number of aryl methyl sites for hydroxylation is 1. The summed E-state index contributed by atoms with van der Waals surface area (Å²) in [5, 5.41) is 2.92. The Bertz CT molecular complexity index is 773. The third-order valence-electron chi connectivity index (χ3n) is 3.93. The van der Waals surface area contributed by atoms with Gasteiger partial charge in [-0.1, -0.05) is 22.0 Å². The Kier molecular flexibility index (Phi) is 4.48. The van der Waals surface area contributed by atoms with Crippen molar-refractivity contribution in [3.63, 3.8) is 0 Å². The average molecular weight is 373 g/mol. The Balaban J connectivity index is 1.81. The summed E-state index contributed by atoms with van der Waals surface area (Å²) in [5.41, 5.74) is 3.09. The molecule has 0 aliphatic carbocycles. The molecule has 1 aliphatic rings. The van der Waals surface area contributed by atoms with Crippen LogP contribution in [0.25, 0.3) is 0 Å². The molecule has 118 valence electrons. The minimum atomic E-state index is -0.177. The lowest BCUT2D eigenvalue weighted by Crippen LogP contribution is -2.24. The molecule has 0 atom stereocenters. The molecule has 0 spiro atoms. The quantitative estimate of drug-likeness (QED) is 0.879. The fraction of sp³-hybridized carbons (Fsp3) is 0.222. The average Bonchev–Trinajstić information content (AvgIpc) is 2.96. The van der Waals surface area contributed by atoms with Gasteiger partial charge in [-0.2, -0.15) is 0 Å². The summed E-state index contributed by atoms with van der Waals surface area (Å²) in [6, 6.07) is 12.9. The van der Waals surface area contributed by atoms with Crippen LogP contribution in [0.2, 0.25) is 0 Å². The minimum absolute atomic E-state index is 0.117. The largest absolute Gasteiger partial charge is 0.322 e. The number of amides is 2. The van der Waals surface area contributed by atoms with E-state index in [0.717, 1.165) is 34.4 Å². The van der Waals surface area contributed by atoms with Crippen LogP contribution in [0.5, 0.6) is 0 Å². The first-order valence-corrected chi connectivity index (χ1v) is 8.32. The van der Waals surface area contributed by atoms with Crippen molar-refractivity contribution in [2.45, 2.75) is 19.8 Å². The van der Waals surface area contributed by atoms with Crippen LogP contribution < -0.4 is 10.2 Å². The molecule has 1 fully saturated rings. The molecule has 5 heteroatoms. The molecule has 0 bridgehead atoms. The van der Waals surface area contributed by atoms with Crippen LogP contribution in [0.15, 0.2) is 46.9 Å². The standard InChI is InChI=1S/C18H17BrN2O2/c1-12-10-14(19)7-8-16(12)20-18(23)13-4-2-5-15(11-13)21-9-3-6-17(21)22/h2,4-5,7-8,10-11H,3,6,9H2,1H3,(H,20,23). The monoisotopic (exact) mass is 372 g/mol. The second kappa shape index (κ2) is 6.54. The molecule has 0 unspecified atom stereocenters. The second-order valence-electron chi connectivity index (χ2n) is 5.61. The highest BCUT2D eigenvalue weighted by Gasteiger charge is 2.22. The van der Waals surface area contributed by atoms with E-state index in [1.165, 1.54) is 0 Å². The Morgan fingerprint density at radius 2 is 2.04 bits per heavy atom. The van der Waals surface area contributed by atoms with E-state index in [4.69, 9.17) is 0 Å². The van der Waals surface area contributed by atoms with Gasteiger partial charge in [0.05, 0.1) is 0 Å². The maximum Gasteiger partial charge on any atom is 0.255 e. The highest BCUT2D eigenvalue weighted by Crippen LogP contribution is 2.24. The van der Waals surface area contributed by atoms with Gasteiger partial charge in [0, 0.05) is 34.4 Å². The van der Waals surface area contributed by atoms with Crippen molar-refractivity contribution < 1.29 is 9.59 Å². The van der Waals surface area contributed by atoms with Crippen LogP contribution in [0.4, 0.5) is 11.4 Å². The van der Waals surface area contributed by atoms with E-state index < -0.39 is 0 Å². The van der Waals surface area contributed by atoms with Crippen molar-refractivity contribution in [1.82, 2.24) is 0 Å². The molecular formula is C18H17BrN2O2. The molecule has 0 aromatic heterocycles. The summed E-state index contributed by atoms with van der Waals surface area (Å²) in [6.07, 6.45) is 1.45. The Hall–Kier alpha value is -2.14. The molecule has 1 N–H and O–H groups in total. The number of carbonyl (C=O) groups excluding carboxylic acids is 2. The van der Waals surface area contributed by atoms with Crippen LogP contribution in [-0.4, -0.2) is 18.4 Å². The normalized spacial score (nSPS) is 14.2. The van der Waals surface area contributed by atoms with Gasteiger partial charge < -0.3 is 10.2 Å². The van der Waals surface area contributed by atoms with Gasteiger partial charge in [0.1, 0.15) is 0 Å². The molecule has 1 heterocycles. The van der Waals surface area contributed by atoms with Crippen LogP contribution in [0.1, 0.15) is 28.8 Å². The van der Waals surface area contributed by atoms with Gasteiger partial charge in [0.15, 0.2) is 0 Å². The summed E-state index contributed by atoms with van der Waals surface area (Å²) in [4.78, 5) is 26.1. The molecule has 1 aliphatic heterocycles. The first-order valence-electron chi connectivity index (χ1n) is 7.52. The van der Waals surface area contributed by atoms with Crippen LogP contribution >= 0.6 is 15.9 Å². The molecule has 23 heavy (non-hydrogen) atoms. The highest BCUT2D eigenvalue weighted by atomic mass is 79.9.